The van der Waals surface area contributed by atoms with Crippen molar-refractivity contribution in [3.05, 3.63) is 94.5 Å². The first-order valence-electron chi connectivity index (χ1n) is 14.7. The Bertz CT molecular complexity index is 1260. The number of nitrogens with zero attached hydrogens (tertiary/aromatic N) is 1. The first-order chi connectivity index (χ1) is 19.5. The minimum atomic E-state index is -0.175. The van der Waals surface area contributed by atoms with Crippen molar-refractivity contribution in [3.63, 3.8) is 0 Å². The second-order valence-corrected chi connectivity index (χ2v) is 12.0. The highest BCUT2D eigenvalue weighted by atomic mass is 35.5. The first-order valence-corrected chi connectivity index (χ1v) is 15.0. The molecular formula is C34H41ClN2O3. The van der Waals surface area contributed by atoms with Crippen LogP contribution in [-0.2, 0) is 16.1 Å². The van der Waals surface area contributed by atoms with Gasteiger partial charge in [-0.05, 0) is 91.2 Å². The Morgan fingerprint density at radius 2 is 1.80 bits per heavy atom. The molecule has 5 rings (SSSR count). The number of rotatable bonds is 9. The summed E-state index contributed by atoms with van der Waals surface area (Å²) in [6.07, 6.45) is 4.89. The Labute approximate surface area is 243 Å². The number of anilines is 1. The number of carbonyl (C=O) groups excluding carboxylic acids is 1. The van der Waals surface area contributed by atoms with Gasteiger partial charge in [0.1, 0.15) is 5.75 Å². The highest BCUT2D eigenvalue weighted by Crippen LogP contribution is 2.45. The van der Waals surface area contributed by atoms with Gasteiger partial charge in [-0.25, -0.2) is 0 Å². The molecule has 40 heavy (non-hydrogen) atoms. The second kappa shape index (κ2) is 13.7. The molecule has 6 heteroatoms. The maximum Gasteiger partial charge on any atom is 0.262 e. The molecule has 3 atom stereocenters. The molecule has 1 amide bonds. The van der Waals surface area contributed by atoms with Crippen LogP contribution in [0.4, 0.5) is 5.69 Å². The summed E-state index contributed by atoms with van der Waals surface area (Å²) in [6.45, 7) is 8.39. The van der Waals surface area contributed by atoms with Gasteiger partial charge in [-0.15, -0.1) is 0 Å². The monoisotopic (exact) mass is 560 g/mol. The lowest BCUT2D eigenvalue weighted by Crippen LogP contribution is -2.31. The van der Waals surface area contributed by atoms with E-state index in [0.29, 0.717) is 24.2 Å². The number of ether oxygens (including phenoxy) is 2. The highest BCUT2D eigenvalue weighted by molar-refractivity contribution is 6.31. The molecule has 0 saturated carbocycles. The molecule has 0 bridgehead atoms. The third-order valence-electron chi connectivity index (χ3n) is 8.27. The molecule has 2 fully saturated rings. The van der Waals surface area contributed by atoms with Crippen LogP contribution in [0, 0.1) is 11.8 Å². The fourth-order valence-electron chi connectivity index (χ4n) is 6.05. The van der Waals surface area contributed by atoms with E-state index in [0.717, 1.165) is 34.8 Å². The summed E-state index contributed by atoms with van der Waals surface area (Å²) < 4.78 is 12.4. The van der Waals surface area contributed by atoms with Crippen molar-refractivity contribution in [2.24, 2.45) is 11.8 Å². The molecule has 212 valence electrons. The molecule has 0 aliphatic carbocycles. The summed E-state index contributed by atoms with van der Waals surface area (Å²) in [5.41, 5.74) is 4.30. The van der Waals surface area contributed by atoms with E-state index in [1.807, 2.05) is 48.5 Å². The normalized spacial score (nSPS) is 21.8. The Morgan fingerprint density at radius 3 is 2.55 bits per heavy atom. The van der Waals surface area contributed by atoms with E-state index in [-0.39, 0.29) is 24.5 Å². The van der Waals surface area contributed by atoms with Gasteiger partial charge >= 0.3 is 0 Å². The van der Waals surface area contributed by atoms with Crippen molar-refractivity contribution in [3.8, 4) is 5.75 Å². The van der Waals surface area contributed by atoms with E-state index in [4.69, 9.17) is 21.1 Å². The summed E-state index contributed by atoms with van der Waals surface area (Å²) in [5.74, 6) is 1.55. The van der Waals surface area contributed by atoms with Gasteiger partial charge in [-0.2, -0.15) is 0 Å². The third-order valence-corrected chi connectivity index (χ3v) is 8.62. The van der Waals surface area contributed by atoms with E-state index >= 15 is 0 Å². The number of nitrogens with one attached hydrogen (secondary N) is 1. The van der Waals surface area contributed by atoms with Crippen molar-refractivity contribution in [1.82, 2.24) is 4.90 Å². The summed E-state index contributed by atoms with van der Waals surface area (Å²) in [6, 6.07) is 24.2. The Hall–Kier alpha value is -2.86. The Balaban J connectivity index is 1.15. The van der Waals surface area contributed by atoms with Crippen molar-refractivity contribution in [1.29, 1.82) is 0 Å². The van der Waals surface area contributed by atoms with Crippen LogP contribution in [0.3, 0.4) is 0 Å². The molecule has 0 spiro atoms. The molecule has 2 saturated heterocycles. The van der Waals surface area contributed by atoms with E-state index in [1.165, 1.54) is 37.9 Å². The van der Waals surface area contributed by atoms with Crippen LogP contribution in [0.1, 0.15) is 68.2 Å². The maximum atomic E-state index is 12.6. The number of likely N-dealkylation sites (tertiary alicyclic amines) is 1. The average Bonchev–Trinajstić information content (AvgIpc) is 2.98. The number of benzene rings is 3. The number of carbonyl (C=O) groups is 1. The predicted molar refractivity (Wildman–Crippen MR) is 162 cm³/mol. The van der Waals surface area contributed by atoms with Crippen molar-refractivity contribution in [2.75, 3.05) is 31.6 Å². The largest absolute Gasteiger partial charge is 0.484 e. The second-order valence-electron chi connectivity index (χ2n) is 11.6. The highest BCUT2D eigenvalue weighted by Gasteiger charge is 2.35. The summed E-state index contributed by atoms with van der Waals surface area (Å²) in [4.78, 5) is 15.1. The zero-order valence-electron chi connectivity index (χ0n) is 23.7. The van der Waals surface area contributed by atoms with Crippen LogP contribution in [0.2, 0.25) is 5.02 Å². The number of hydrogen-bond acceptors (Lipinski definition) is 4. The fourth-order valence-corrected chi connectivity index (χ4v) is 6.34. The van der Waals surface area contributed by atoms with Crippen LogP contribution >= 0.6 is 11.6 Å². The zero-order valence-corrected chi connectivity index (χ0v) is 24.4. The Kier molecular flexibility index (Phi) is 9.79. The molecular weight excluding hydrogens is 520 g/mol. The fraction of sp³-hybridized carbons (Fsp3) is 0.441. The standard InChI is InChI=1S/C34H41ClN2O3/c1-24(2)31-20-27(30-11-4-5-12-32(30)35)22-40-34(31)26-9-8-10-29(19-26)39-23-33(38)36-28-15-13-25(14-16-28)21-37-17-6-3-7-18-37/h4-5,8-16,19,24,27,31,34H,3,6-7,17-18,20-23H2,1-2H3,(H,36,38)/t27-,31-,34-/m0/s1. The smallest absolute Gasteiger partial charge is 0.262 e. The third kappa shape index (κ3) is 7.45. The quantitative estimate of drug-likeness (QED) is 0.289. The van der Waals surface area contributed by atoms with E-state index in [1.54, 1.807) is 0 Å². The minimum Gasteiger partial charge on any atom is -0.484 e. The van der Waals surface area contributed by atoms with Crippen LogP contribution in [0.25, 0.3) is 0 Å². The maximum absolute atomic E-state index is 12.6. The SMILES string of the molecule is CC(C)[C@@H]1C[C@H](c2ccccc2Cl)CO[C@H]1c1cccc(OCC(=O)Nc2ccc(CN3CCCCC3)cc2)c1. The number of amides is 1. The van der Waals surface area contributed by atoms with Crippen molar-refractivity contribution < 1.29 is 14.3 Å². The average molecular weight is 561 g/mol. The van der Waals surface area contributed by atoms with Gasteiger partial charge in [0.2, 0.25) is 0 Å². The van der Waals surface area contributed by atoms with Crippen molar-refractivity contribution in [2.45, 2.75) is 58.1 Å². The van der Waals surface area contributed by atoms with Gasteiger partial charge in [-0.3, -0.25) is 9.69 Å². The molecule has 0 aromatic heterocycles. The van der Waals surface area contributed by atoms with E-state index < -0.39 is 0 Å². The van der Waals surface area contributed by atoms with Gasteiger partial charge in [0.05, 0.1) is 12.7 Å². The molecule has 2 aliphatic rings. The lowest BCUT2D eigenvalue weighted by atomic mass is 9.76. The topological polar surface area (TPSA) is 50.8 Å². The number of hydrogen-bond donors (Lipinski definition) is 1. The number of piperidine rings is 1. The summed E-state index contributed by atoms with van der Waals surface area (Å²) in [5, 5.41) is 3.76. The lowest BCUT2D eigenvalue weighted by molar-refractivity contribution is -0.118. The molecule has 3 aromatic rings. The Morgan fingerprint density at radius 1 is 1.02 bits per heavy atom. The molecule has 0 unspecified atom stereocenters. The first kappa shape index (κ1) is 28.7. The van der Waals surface area contributed by atoms with Gasteiger partial charge < -0.3 is 14.8 Å². The summed E-state index contributed by atoms with van der Waals surface area (Å²) >= 11 is 6.51. The lowest BCUT2D eigenvalue weighted by Gasteiger charge is -2.39. The van der Waals surface area contributed by atoms with Gasteiger partial charge in [0.15, 0.2) is 6.61 Å². The van der Waals surface area contributed by atoms with E-state index in [9.17, 15) is 4.79 Å². The van der Waals surface area contributed by atoms with Crippen molar-refractivity contribution >= 4 is 23.2 Å². The summed E-state index contributed by atoms with van der Waals surface area (Å²) in [7, 11) is 0. The molecule has 0 radical (unpaired) electrons. The molecule has 3 aromatic carbocycles. The van der Waals surface area contributed by atoms with Gasteiger partial charge in [-0.1, -0.05) is 74.3 Å². The zero-order chi connectivity index (χ0) is 27.9. The molecule has 2 aliphatic heterocycles. The van der Waals surface area contributed by atoms with Gasteiger partial charge in [0.25, 0.3) is 5.91 Å². The van der Waals surface area contributed by atoms with Gasteiger partial charge in [0, 0.05) is 23.2 Å². The molecule has 1 N–H and O–H groups in total. The number of halogens is 1. The minimum absolute atomic E-state index is 0.0282. The van der Waals surface area contributed by atoms with Crippen LogP contribution < -0.4 is 10.1 Å². The van der Waals surface area contributed by atoms with Crippen LogP contribution in [0.15, 0.2) is 72.8 Å². The van der Waals surface area contributed by atoms with Crippen LogP contribution in [0.5, 0.6) is 5.75 Å². The molecule has 5 nitrogen and oxygen atoms in total. The molecule has 2 heterocycles. The van der Waals surface area contributed by atoms with Crippen LogP contribution in [-0.4, -0.2) is 37.1 Å². The predicted octanol–water partition coefficient (Wildman–Crippen LogP) is 7.86. The van der Waals surface area contributed by atoms with E-state index in [2.05, 4.69) is 48.3 Å².